The number of allylic oxidation sites excluding steroid dienone is 1. The first-order valence-corrected chi connectivity index (χ1v) is 12.0. The van der Waals surface area contributed by atoms with Crippen molar-refractivity contribution in [1.29, 1.82) is 0 Å². The molecule has 0 bridgehead atoms. The second kappa shape index (κ2) is 9.59. The minimum Gasteiger partial charge on any atom is -0.497 e. The minimum atomic E-state index is -5.18. The van der Waals surface area contributed by atoms with Crippen LogP contribution in [0.25, 0.3) is 0 Å². The van der Waals surface area contributed by atoms with E-state index in [1.807, 2.05) is 12.1 Å². The van der Waals surface area contributed by atoms with Crippen molar-refractivity contribution in [1.82, 2.24) is 0 Å². The lowest BCUT2D eigenvalue weighted by atomic mass is 9.78. The van der Waals surface area contributed by atoms with Crippen molar-refractivity contribution in [2.24, 2.45) is 0 Å². The van der Waals surface area contributed by atoms with Crippen molar-refractivity contribution < 1.29 is 27.5 Å². The summed E-state index contributed by atoms with van der Waals surface area (Å²) in [5.74, 6) is -1.97. The largest absolute Gasteiger partial charge is 0.497 e. The molecule has 3 aromatic carbocycles. The minimum absolute atomic E-state index is 0.0120. The summed E-state index contributed by atoms with van der Waals surface area (Å²) in [7, 11) is 1.56. The van der Waals surface area contributed by atoms with Gasteiger partial charge < -0.3 is 10.1 Å². The number of hydrogen-bond donors (Lipinski definition) is 1. The van der Waals surface area contributed by atoms with E-state index in [0.717, 1.165) is 5.56 Å². The van der Waals surface area contributed by atoms with Crippen LogP contribution in [0.2, 0.25) is 5.02 Å². The Labute approximate surface area is 216 Å². The Balaban J connectivity index is 1.71. The van der Waals surface area contributed by atoms with Crippen LogP contribution in [0.4, 0.5) is 24.5 Å². The highest BCUT2D eigenvalue weighted by atomic mass is 35.5. The lowest BCUT2D eigenvalue weighted by Gasteiger charge is -2.35. The van der Waals surface area contributed by atoms with Gasteiger partial charge in [-0.2, -0.15) is 13.2 Å². The zero-order valence-corrected chi connectivity index (χ0v) is 20.4. The molecule has 1 aliphatic carbocycles. The van der Waals surface area contributed by atoms with E-state index in [2.05, 4.69) is 5.32 Å². The number of anilines is 2. The van der Waals surface area contributed by atoms with E-state index >= 15 is 0 Å². The molecular formula is C28H22ClF3N2O3. The summed E-state index contributed by atoms with van der Waals surface area (Å²) in [6.07, 6.45) is -4.75. The molecule has 3 aromatic rings. The summed E-state index contributed by atoms with van der Waals surface area (Å²) >= 11 is 6.47. The number of carbonyl (C=O) groups is 2. The summed E-state index contributed by atoms with van der Waals surface area (Å²) in [5, 5.41) is 3.36. The lowest BCUT2D eigenvalue weighted by molar-refractivity contribution is -0.170. The van der Waals surface area contributed by atoms with Crippen LogP contribution >= 0.6 is 11.6 Å². The molecule has 0 unspecified atom stereocenters. The third-order valence-corrected chi connectivity index (χ3v) is 7.08. The molecule has 5 rings (SSSR count). The smallest absolute Gasteiger partial charge is 0.471 e. The number of carbonyl (C=O) groups excluding carboxylic acids is 2. The summed E-state index contributed by atoms with van der Waals surface area (Å²) in [6, 6.07) is 18.6. The molecule has 5 nitrogen and oxygen atoms in total. The summed E-state index contributed by atoms with van der Waals surface area (Å²) in [4.78, 5) is 27.4. The lowest BCUT2D eigenvalue weighted by Crippen LogP contribution is -2.45. The monoisotopic (exact) mass is 526 g/mol. The molecule has 1 aliphatic heterocycles. The van der Waals surface area contributed by atoms with E-state index in [1.54, 1.807) is 55.6 Å². The van der Waals surface area contributed by atoms with Gasteiger partial charge in [0.2, 0.25) is 0 Å². The van der Waals surface area contributed by atoms with Crippen LogP contribution < -0.4 is 15.0 Å². The second-order valence-electron chi connectivity index (χ2n) is 8.93. The number of methoxy groups -OCH3 is 1. The number of benzene rings is 3. The Morgan fingerprint density at radius 2 is 1.68 bits per heavy atom. The van der Waals surface area contributed by atoms with E-state index < -0.39 is 18.1 Å². The average Bonchev–Trinajstić information content (AvgIpc) is 3.02. The zero-order chi connectivity index (χ0) is 26.3. The maximum absolute atomic E-state index is 14.0. The Hall–Kier alpha value is -3.78. The van der Waals surface area contributed by atoms with Crippen LogP contribution in [-0.2, 0) is 9.59 Å². The third kappa shape index (κ3) is 4.57. The normalized spacial score (nSPS) is 19.5. The van der Waals surface area contributed by atoms with Crippen LogP contribution in [0, 0.1) is 0 Å². The van der Waals surface area contributed by atoms with E-state index in [4.69, 9.17) is 16.3 Å². The fourth-order valence-corrected chi connectivity index (χ4v) is 5.29. The maximum atomic E-state index is 14.0. The van der Waals surface area contributed by atoms with Gasteiger partial charge in [0.25, 0.3) is 0 Å². The predicted molar refractivity (Wildman–Crippen MR) is 135 cm³/mol. The van der Waals surface area contributed by atoms with Crippen LogP contribution in [0.5, 0.6) is 5.75 Å². The number of para-hydroxylation sites is 2. The average molecular weight is 527 g/mol. The first-order chi connectivity index (χ1) is 17.7. The number of ether oxygens (including phenoxy) is 1. The number of amides is 1. The number of hydrogen-bond acceptors (Lipinski definition) is 4. The van der Waals surface area contributed by atoms with Gasteiger partial charge in [0, 0.05) is 22.7 Å². The van der Waals surface area contributed by atoms with Gasteiger partial charge in [-0.15, -0.1) is 0 Å². The molecule has 0 radical (unpaired) electrons. The molecule has 1 amide bonds. The van der Waals surface area contributed by atoms with Gasteiger partial charge >= 0.3 is 12.1 Å². The van der Waals surface area contributed by atoms with Gasteiger partial charge in [0.15, 0.2) is 5.78 Å². The van der Waals surface area contributed by atoms with Crippen LogP contribution in [0.15, 0.2) is 84.1 Å². The number of alkyl halides is 3. The number of nitrogens with zero attached hydrogens (tertiary/aromatic N) is 1. The molecule has 0 spiro atoms. The molecule has 0 aromatic heterocycles. The fourth-order valence-electron chi connectivity index (χ4n) is 5.05. The Morgan fingerprint density at radius 3 is 2.35 bits per heavy atom. The third-order valence-electron chi connectivity index (χ3n) is 6.74. The number of fused-ring (bicyclic) bond motifs is 1. The molecule has 1 heterocycles. The SMILES string of the molecule is COc1ccc([C@@H]2CC(=O)C3=C(C2)Nc2ccccc2N(C(=O)C(F)(F)F)[C@@H]3c2ccccc2Cl)cc1. The molecule has 2 atom stereocenters. The number of halogens is 4. The van der Waals surface area contributed by atoms with Crippen LogP contribution in [-0.4, -0.2) is 25.0 Å². The number of rotatable bonds is 3. The van der Waals surface area contributed by atoms with Gasteiger partial charge in [-0.1, -0.05) is 54.1 Å². The van der Waals surface area contributed by atoms with Crippen molar-refractivity contribution in [2.45, 2.75) is 31.0 Å². The van der Waals surface area contributed by atoms with Crippen molar-refractivity contribution in [3.8, 4) is 5.75 Å². The number of Topliss-reactive ketones (excluding diaryl/α,β-unsaturated/α-hetero) is 1. The summed E-state index contributed by atoms with van der Waals surface area (Å²) in [6.45, 7) is 0. The Morgan fingerprint density at radius 1 is 1.00 bits per heavy atom. The molecule has 0 saturated carbocycles. The van der Waals surface area contributed by atoms with E-state index in [0.29, 0.717) is 28.5 Å². The molecule has 37 heavy (non-hydrogen) atoms. The Bertz CT molecular complexity index is 1400. The van der Waals surface area contributed by atoms with Gasteiger partial charge in [0.05, 0.1) is 24.5 Å². The number of ketones is 1. The predicted octanol–water partition coefficient (Wildman–Crippen LogP) is 6.81. The van der Waals surface area contributed by atoms with E-state index in [-0.39, 0.29) is 40.0 Å². The van der Waals surface area contributed by atoms with Crippen LogP contribution in [0.1, 0.15) is 35.9 Å². The first-order valence-electron chi connectivity index (χ1n) is 11.6. The maximum Gasteiger partial charge on any atom is 0.471 e. The highest BCUT2D eigenvalue weighted by Crippen LogP contribution is 2.49. The second-order valence-corrected chi connectivity index (χ2v) is 9.34. The quantitative estimate of drug-likeness (QED) is 0.407. The standard InChI is InChI=1S/C28H22ClF3N2O3/c1-37-18-12-10-16(11-13-18)17-14-22-25(24(35)15-17)26(19-6-2-3-7-20(19)29)34(27(36)28(30,31)32)23-9-5-4-8-21(23)33-22/h2-13,17,26,33H,14-15H2,1H3/t17-,26+/m0/s1. The van der Waals surface area contributed by atoms with Gasteiger partial charge in [0.1, 0.15) is 5.75 Å². The molecule has 9 heteroatoms. The van der Waals surface area contributed by atoms with Crippen LogP contribution in [0.3, 0.4) is 0 Å². The fraction of sp³-hybridized carbons (Fsp3) is 0.214. The zero-order valence-electron chi connectivity index (χ0n) is 19.7. The molecule has 0 saturated heterocycles. The topological polar surface area (TPSA) is 58.6 Å². The summed E-state index contributed by atoms with van der Waals surface area (Å²) < 4.78 is 47.1. The van der Waals surface area contributed by atoms with Crippen molar-refractivity contribution in [3.05, 3.63) is 100 Å². The van der Waals surface area contributed by atoms with E-state index in [1.165, 1.54) is 12.1 Å². The highest BCUT2D eigenvalue weighted by molar-refractivity contribution is 6.31. The van der Waals surface area contributed by atoms with E-state index in [9.17, 15) is 22.8 Å². The molecule has 0 fully saturated rings. The number of nitrogens with one attached hydrogen (secondary N) is 1. The molecular weight excluding hydrogens is 505 g/mol. The molecule has 1 N–H and O–H groups in total. The van der Waals surface area contributed by atoms with Gasteiger partial charge in [-0.25, -0.2) is 0 Å². The van der Waals surface area contributed by atoms with Gasteiger partial charge in [-0.3, -0.25) is 14.5 Å². The summed E-state index contributed by atoms with van der Waals surface area (Å²) in [5.41, 5.74) is 2.02. The van der Waals surface area contributed by atoms with Gasteiger partial charge in [-0.05, 0) is 53.8 Å². The van der Waals surface area contributed by atoms with Crippen molar-refractivity contribution in [2.75, 3.05) is 17.3 Å². The van der Waals surface area contributed by atoms with Crippen molar-refractivity contribution >= 4 is 34.7 Å². The highest BCUT2D eigenvalue weighted by Gasteiger charge is 2.50. The molecule has 190 valence electrons. The first kappa shape index (κ1) is 24.9. The Kier molecular flexibility index (Phi) is 6.45. The molecule has 2 aliphatic rings. The van der Waals surface area contributed by atoms with Crippen molar-refractivity contribution in [3.63, 3.8) is 0 Å².